The Hall–Kier alpha value is -2.62. The number of carbonyl (C=O) groups is 2. The molecule has 0 aromatic heterocycles. The highest BCUT2D eigenvalue weighted by atomic mass is 16.2. The van der Waals surface area contributed by atoms with Gasteiger partial charge in [-0.1, -0.05) is 48.0 Å². The van der Waals surface area contributed by atoms with Gasteiger partial charge in [-0.15, -0.1) is 0 Å². The van der Waals surface area contributed by atoms with Crippen molar-refractivity contribution in [3.63, 3.8) is 0 Å². The lowest BCUT2D eigenvalue weighted by Crippen LogP contribution is -2.33. The summed E-state index contributed by atoms with van der Waals surface area (Å²) in [6.07, 6.45) is 0. The Morgan fingerprint density at radius 1 is 0.955 bits per heavy atom. The minimum atomic E-state index is -0.450. The topological polar surface area (TPSA) is 40.6 Å². The number of hydrogen-bond acceptors (Lipinski definition) is 2. The second-order valence-corrected chi connectivity index (χ2v) is 5.58. The van der Waals surface area contributed by atoms with Gasteiger partial charge in [-0.2, -0.15) is 0 Å². The summed E-state index contributed by atoms with van der Waals surface area (Å²) in [6, 6.07) is 16.4. The van der Waals surface area contributed by atoms with Crippen molar-refractivity contribution >= 4 is 17.6 Å². The zero-order chi connectivity index (χ0) is 15.7. The molecule has 0 N–H and O–H groups in total. The van der Waals surface area contributed by atoms with E-state index in [1.165, 1.54) is 4.90 Å². The van der Waals surface area contributed by atoms with Crippen molar-refractivity contribution < 1.29 is 9.59 Å². The number of nitrogens with zero attached hydrogens (tertiary/aromatic N) is 2. The Balaban J connectivity index is 1.87. The fraction of sp³-hybridized carbons (Fsp3) is 0.222. The highest BCUT2D eigenvalue weighted by Gasteiger charge is 2.43. The molecule has 22 heavy (non-hydrogen) atoms. The first-order valence-corrected chi connectivity index (χ1v) is 7.33. The van der Waals surface area contributed by atoms with Crippen molar-refractivity contribution in [2.45, 2.75) is 26.4 Å². The van der Waals surface area contributed by atoms with Gasteiger partial charge in [-0.3, -0.25) is 4.79 Å². The van der Waals surface area contributed by atoms with Crippen molar-refractivity contribution in [1.29, 1.82) is 0 Å². The third-order valence-corrected chi connectivity index (χ3v) is 3.97. The van der Waals surface area contributed by atoms with Crippen LogP contribution in [0.5, 0.6) is 0 Å². The van der Waals surface area contributed by atoms with Crippen LogP contribution in [0.4, 0.5) is 10.5 Å². The predicted octanol–water partition coefficient (Wildman–Crippen LogP) is 3.35. The predicted molar refractivity (Wildman–Crippen MR) is 85.5 cm³/mol. The van der Waals surface area contributed by atoms with Crippen LogP contribution in [0.15, 0.2) is 54.6 Å². The number of aryl methyl sites for hydroxylation is 1. The molecule has 1 atom stereocenters. The lowest BCUT2D eigenvalue weighted by molar-refractivity contribution is -0.119. The van der Waals surface area contributed by atoms with E-state index < -0.39 is 6.04 Å². The molecule has 0 spiro atoms. The average molecular weight is 294 g/mol. The summed E-state index contributed by atoms with van der Waals surface area (Å²) in [5.41, 5.74) is 2.74. The van der Waals surface area contributed by atoms with Crippen molar-refractivity contribution in [2.75, 3.05) is 4.90 Å². The van der Waals surface area contributed by atoms with Crippen LogP contribution in [0, 0.1) is 6.92 Å². The highest BCUT2D eigenvalue weighted by molar-refractivity contribution is 6.21. The molecule has 3 rings (SSSR count). The van der Waals surface area contributed by atoms with Crippen LogP contribution in [0.25, 0.3) is 0 Å². The van der Waals surface area contributed by atoms with Gasteiger partial charge in [0.25, 0.3) is 5.91 Å². The van der Waals surface area contributed by atoms with Gasteiger partial charge in [0.2, 0.25) is 0 Å². The number of hydrogen-bond donors (Lipinski definition) is 0. The Bertz CT molecular complexity index is 695. The maximum Gasteiger partial charge on any atom is 0.332 e. The first-order valence-electron chi connectivity index (χ1n) is 7.33. The summed E-state index contributed by atoms with van der Waals surface area (Å²) in [4.78, 5) is 28.0. The van der Waals surface area contributed by atoms with Crippen molar-refractivity contribution in [2.24, 2.45) is 0 Å². The quantitative estimate of drug-likeness (QED) is 0.814. The number of benzene rings is 2. The summed E-state index contributed by atoms with van der Waals surface area (Å²) < 4.78 is 0. The normalized spacial score (nSPS) is 18.2. The second kappa shape index (κ2) is 5.64. The first kappa shape index (κ1) is 14.3. The number of urea groups is 1. The molecule has 112 valence electrons. The molecule has 1 fully saturated rings. The summed E-state index contributed by atoms with van der Waals surface area (Å²) in [5.74, 6) is -0.176. The van der Waals surface area contributed by atoms with Crippen molar-refractivity contribution in [3.8, 4) is 0 Å². The molecule has 4 nitrogen and oxygen atoms in total. The zero-order valence-corrected chi connectivity index (χ0v) is 12.7. The molecule has 0 bridgehead atoms. The monoisotopic (exact) mass is 294 g/mol. The van der Waals surface area contributed by atoms with E-state index >= 15 is 0 Å². The summed E-state index contributed by atoms with van der Waals surface area (Å²) >= 11 is 0. The third kappa shape index (κ3) is 2.48. The highest BCUT2D eigenvalue weighted by Crippen LogP contribution is 2.26. The molecule has 0 saturated carbocycles. The van der Waals surface area contributed by atoms with Crippen LogP contribution in [-0.2, 0) is 11.3 Å². The Labute approximate surface area is 130 Å². The molecule has 0 radical (unpaired) electrons. The lowest BCUT2D eigenvalue weighted by Gasteiger charge is -2.19. The average Bonchev–Trinajstić information content (AvgIpc) is 2.73. The lowest BCUT2D eigenvalue weighted by atomic mass is 10.2. The van der Waals surface area contributed by atoms with E-state index in [0.717, 1.165) is 11.1 Å². The number of amides is 3. The number of anilines is 1. The second-order valence-electron chi connectivity index (χ2n) is 5.58. The molecule has 1 aliphatic heterocycles. The summed E-state index contributed by atoms with van der Waals surface area (Å²) in [6.45, 7) is 4.19. The van der Waals surface area contributed by atoms with Gasteiger partial charge in [0.1, 0.15) is 6.04 Å². The largest absolute Gasteiger partial charge is 0.332 e. The molecule has 1 aliphatic rings. The zero-order valence-electron chi connectivity index (χ0n) is 12.7. The Kier molecular flexibility index (Phi) is 3.67. The van der Waals surface area contributed by atoms with Gasteiger partial charge >= 0.3 is 6.03 Å². The van der Waals surface area contributed by atoms with Gasteiger partial charge in [0, 0.05) is 6.54 Å². The fourth-order valence-electron chi connectivity index (χ4n) is 2.62. The van der Waals surface area contributed by atoms with E-state index in [9.17, 15) is 9.59 Å². The van der Waals surface area contributed by atoms with Crippen molar-refractivity contribution in [1.82, 2.24) is 4.90 Å². The van der Waals surface area contributed by atoms with E-state index in [1.807, 2.05) is 61.5 Å². The maximum absolute atomic E-state index is 12.6. The summed E-state index contributed by atoms with van der Waals surface area (Å²) in [7, 11) is 0. The van der Waals surface area contributed by atoms with Crippen molar-refractivity contribution in [3.05, 3.63) is 65.7 Å². The molecule has 1 heterocycles. The Morgan fingerprint density at radius 2 is 1.59 bits per heavy atom. The van der Waals surface area contributed by atoms with Crippen LogP contribution in [-0.4, -0.2) is 22.9 Å². The number of carbonyl (C=O) groups excluding carboxylic acids is 2. The minimum Gasteiger partial charge on any atom is -0.308 e. The molecule has 0 aliphatic carbocycles. The van der Waals surface area contributed by atoms with Gasteiger partial charge in [0.15, 0.2) is 0 Å². The van der Waals surface area contributed by atoms with E-state index in [2.05, 4.69) is 0 Å². The molecule has 2 aromatic carbocycles. The Morgan fingerprint density at radius 3 is 2.23 bits per heavy atom. The number of imide groups is 1. The van der Waals surface area contributed by atoms with E-state index in [0.29, 0.717) is 12.2 Å². The van der Waals surface area contributed by atoms with Gasteiger partial charge in [-0.05, 0) is 31.5 Å². The molecule has 0 unspecified atom stereocenters. The SMILES string of the molecule is Cc1ccc(N2C(=O)[C@H](C)N(Cc3ccccc3)C2=O)cc1. The van der Waals surface area contributed by atoms with Gasteiger partial charge in [0.05, 0.1) is 5.69 Å². The fourth-order valence-corrected chi connectivity index (χ4v) is 2.62. The summed E-state index contributed by atoms with van der Waals surface area (Å²) in [5, 5.41) is 0. The van der Waals surface area contributed by atoms with Crippen LogP contribution in [0.2, 0.25) is 0 Å². The van der Waals surface area contributed by atoms with Gasteiger partial charge < -0.3 is 4.90 Å². The molecular formula is C18H18N2O2. The van der Waals surface area contributed by atoms with Crippen LogP contribution in [0.3, 0.4) is 0 Å². The van der Waals surface area contributed by atoms with E-state index in [-0.39, 0.29) is 11.9 Å². The van der Waals surface area contributed by atoms with E-state index in [1.54, 1.807) is 11.8 Å². The van der Waals surface area contributed by atoms with Crippen LogP contribution >= 0.6 is 0 Å². The van der Waals surface area contributed by atoms with Crippen LogP contribution < -0.4 is 4.90 Å². The third-order valence-electron chi connectivity index (χ3n) is 3.97. The smallest absolute Gasteiger partial charge is 0.308 e. The van der Waals surface area contributed by atoms with Gasteiger partial charge in [-0.25, -0.2) is 9.69 Å². The number of rotatable bonds is 3. The van der Waals surface area contributed by atoms with E-state index in [4.69, 9.17) is 0 Å². The molecular weight excluding hydrogens is 276 g/mol. The molecule has 4 heteroatoms. The minimum absolute atomic E-state index is 0.176. The first-order chi connectivity index (χ1) is 10.6. The molecule has 3 amide bonds. The van der Waals surface area contributed by atoms with Crippen LogP contribution in [0.1, 0.15) is 18.1 Å². The maximum atomic E-state index is 12.6. The standard InChI is InChI=1S/C18H18N2O2/c1-13-8-10-16(11-9-13)20-17(21)14(2)19(18(20)22)12-15-6-4-3-5-7-15/h3-11,14H,12H2,1-2H3/t14-/m0/s1. The molecule has 2 aromatic rings. The molecule has 1 saturated heterocycles.